The molecule has 0 aromatic heterocycles. The summed E-state index contributed by atoms with van der Waals surface area (Å²) < 4.78 is 10.2. The molecule has 0 bridgehead atoms. The maximum Gasteiger partial charge on any atom is 0.336 e. The first-order valence-corrected chi connectivity index (χ1v) is 9.04. The van der Waals surface area contributed by atoms with Crippen LogP contribution in [-0.4, -0.2) is 54.7 Å². The SMILES string of the molecule is COC(=O)C1=C(C)NC2(O)C(OC)CC(=O)C3C(=O)N(c4ccccc4)C(=O)C132. The van der Waals surface area contributed by atoms with Crippen LogP contribution in [0.25, 0.3) is 0 Å². The fraction of sp³-hybridized carbons (Fsp3) is 0.400. The minimum absolute atomic E-state index is 0.150. The number of esters is 1. The molecule has 2 fully saturated rings. The molecule has 1 saturated heterocycles. The van der Waals surface area contributed by atoms with E-state index in [0.29, 0.717) is 0 Å². The summed E-state index contributed by atoms with van der Waals surface area (Å²) >= 11 is 0. The van der Waals surface area contributed by atoms with Gasteiger partial charge in [-0.15, -0.1) is 0 Å². The summed E-state index contributed by atoms with van der Waals surface area (Å²) in [6.45, 7) is 1.48. The van der Waals surface area contributed by atoms with Gasteiger partial charge in [-0.25, -0.2) is 9.69 Å². The molecule has 4 atom stereocenters. The lowest BCUT2D eigenvalue weighted by atomic mass is 9.58. The van der Waals surface area contributed by atoms with Gasteiger partial charge in [-0.1, -0.05) is 18.2 Å². The quantitative estimate of drug-likeness (QED) is 0.409. The van der Waals surface area contributed by atoms with Crippen LogP contribution in [-0.2, 0) is 28.7 Å². The van der Waals surface area contributed by atoms with Gasteiger partial charge in [0.25, 0.3) is 5.91 Å². The van der Waals surface area contributed by atoms with Crippen LogP contribution in [0.1, 0.15) is 13.3 Å². The molecular formula is C20H20N2O7. The van der Waals surface area contributed by atoms with Crippen LogP contribution >= 0.6 is 0 Å². The average Bonchev–Trinajstić information content (AvgIpc) is 3.08. The Morgan fingerprint density at radius 3 is 2.45 bits per heavy atom. The number of Topliss-reactive ketones (excluding diaryl/α,β-unsaturated/α-hetero) is 1. The number of ether oxygens (including phenoxy) is 2. The lowest BCUT2D eigenvalue weighted by molar-refractivity contribution is -0.200. The molecule has 3 aliphatic rings. The second-order valence-electron chi connectivity index (χ2n) is 7.33. The lowest BCUT2D eigenvalue weighted by Crippen LogP contribution is -2.71. The number of hydrogen-bond donors (Lipinski definition) is 2. The Bertz CT molecular complexity index is 972. The van der Waals surface area contributed by atoms with Gasteiger partial charge in [0.1, 0.15) is 17.8 Å². The Morgan fingerprint density at radius 2 is 1.86 bits per heavy atom. The van der Waals surface area contributed by atoms with Crippen molar-refractivity contribution in [3.05, 3.63) is 41.6 Å². The van der Waals surface area contributed by atoms with Crippen LogP contribution in [0.3, 0.4) is 0 Å². The zero-order valence-corrected chi connectivity index (χ0v) is 16.1. The zero-order chi connectivity index (χ0) is 21.1. The number of allylic oxidation sites excluding steroid dienone is 1. The number of benzene rings is 1. The van der Waals surface area contributed by atoms with E-state index in [1.54, 1.807) is 18.2 Å². The molecule has 0 radical (unpaired) electrons. The van der Waals surface area contributed by atoms with Crippen LogP contribution in [0.15, 0.2) is 41.6 Å². The molecule has 1 aromatic rings. The van der Waals surface area contributed by atoms with Gasteiger partial charge in [-0.05, 0) is 19.1 Å². The average molecular weight is 400 g/mol. The maximum absolute atomic E-state index is 13.8. The van der Waals surface area contributed by atoms with Crippen LogP contribution in [0.2, 0.25) is 0 Å². The molecule has 1 saturated carbocycles. The predicted molar refractivity (Wildman–Crippen MR) is 98.1 cm³/mol. The van der Waals surface area contributed by atoms with Crippen molar-refractivity contribution < 1.29 is 33.8 Å². The van der Waals surface area contributed by atoms with Crippen LogP contribution in [0.5, 0.6) is 0 Å². The first-order valence-electron chi connectivity index (χ1n) is 9.04. The van der Waals surface area contributed by atoms with E-state index in [0.717, 1.165) is 12.0 Å². The summed E-state index contributed by atoms with van der Waals surface area (Å²) in [6, 6.07) is 8.06. The van der Waals surface area contributed by atoms with Crippen LogP contribution in [0.4, 0.5) is 5.69 Å². The topological polar surface area (TPSA) is 122 Å². The standard InChI is InChI=1S/C20H20N2O7/c1-10-14(17(25)29-3)19-15(12(23)9-13(28-2)20(19,27)21-10)16(24)22(18(19)26)11-7-5-4-6-8-11/h4-8,13,15,21,27H,9H2,1-3H3. The normalized spacial score (nSPS) is 33.5. The van der Waals surface area contributed by atoms with Gasteiger partial charge >= 0.3 is 5.97 Å². The first kappa shape index (κ1) is 19.3. The Kier molecular flexibility index (Phi) is 4.14. The Labute approximate surface area is 166 Å². The van der Waals surface area contributed by atoms with Gasteiger partial charge in [0.2, 0.25) is 5.91 Å². The summed E-state index contributed by atoms with van der Waals surface area (Å²) in [7, 11) is 2.41. The number of aliphatic hydroxyl groups is 1. The monoisotopic (exact) mass is 400 g/mol. The van der Waals surface area contributed by atoms with Gasteiger partial charge in [-0.2, -0.15) is 0 Å². The number of anilines is 1. The Morgan fingerprint density at radius 1 is 1.21 bits per heavy atom. The van der Waals surface area contributed by atoms with Crippen molar-refractivity contribution in [2.75, 3.05) is 19.1 Å². The molecule has 2 aliphatic heterocycles. The summed E-state index contributed by atoms with van der Waals surface area (Å²) in [4.78, 5) is 53.7. The van der Waals surface area contributed by atoms with E-state index in [1.807, 2.05) is 0 Å². The van der Waals surface area contributed by atoms with E-state index in [4.69, 9.17) is 9.47 Å². The highest BCUT2D eigenvalue weighted by Gasteiger charge is 2.81. The molecule has 4 rings (SSSR count). The highest BCUT2D eigenvalue weighted by molar-refractivity contribution is 6.33. The summed E-state index contributed by atoms with van der Waals surface area (Å²) in [5.74, 6) is -4.74. The number of ketones is 1. The third-order valence-electron chi connectivity index (χ3n) is 6.05. The molecule has 29 heavy (non-hydrogen) atoms. The Balaban J connectivity index is 2.03. The fourth-order valence-corrected chi connectivity index (χ4v) is 4.94. The molecule has 2 heterocycles. The van der Waals surface area contributed by atoms with Crippen molar-refractivity contribution in [1.29, 1.82) is 0 Å². The number of amides is 2. The third-order valence-corrected chi connectivity index (χ3v) is 6.05. The van der Waals surface area contributed by atoms with E-state index < -0.39 is 46.7 Å². The minimum Gasteiger partial charge on any atom is -0.466 e. The van der Waals surface area contributed by atoms with Crippen molar-refractivity contribution in [2.24, 2.45) is 11.3 Å². The molecular weight excluding hydrogens is 380 g/mol. The molecule has 1 spiro atoms. The van der Waals surface area contributed by atoms with Crippen molar-refractivity contribution in [1.82, 2.24) is 5.32 Å². The highest BCUT2D eigenvalue weighted by Crippen LogP contribution is 2.60. The molecule has 9 heteroatoms. The number of rotatable bonds is 3. The molecule has 152 valence electrons. The number of hydrogen-bond acceptors (Lipinski definition) is 8. The number of nitrogens with zero attached hydrogens (tertiary/aromatic N) is 1. The van der Waals surface area contributed by atoms with Gasteiger partial charge in [-0.3, -0.25) is 14.4 Å². The number of carbonyl (C=O) groups excluding carboxylic acids is 4. The summed E-state index contributed by atoms with van der Waals surface area (Å²) in [5, 5.41) is 14.4. The van der Waals surface area contributed by atoms with E-state index in [1.165, 1.54) is 26.2 Å². The maximum atomic E-state index is 13.8. The van der Waals surface area contributed by atoms with Gasteiger partial charge < -0.3 is 19.9 Å². The van der Waals surface area contributed by atoms with Crippen molar-refractivity contribution in [2.45, 2.75) is 25.2 Å². The molecule has 2 N–H and O–H groups in total. The van der Waals surface area contributed by atoms with Crippen molar-refractivity contribution in [3.8, 4) is 0 Å². The number of methoxy groups -OCH3 is 2. The minimum atomic E-state index is -2.19. The second-order valence-corrected chi connectivity index (χ2v) is 7.33. The van der Waals surface area contributed by atoms with E-state index >= 15 is 0 Å². The molecule has 1 aliphatic carbocycles. The Hall–Kier alpha value is -3.04. The second kappa shape index (κ2) is 6.23. The molecule has 2 amide bonds. The number of para-hydroxylation sites is 1. The van der Waals surface area contributed by atoms with Crippen LogP contribution < -0.4 is 10.2 Å². The predicted octanol–water partition coefficient (Wildman–Crippen LogP) is -0.111. The number of imide groups is 1. The van der Waals surface area contributed by atoms with Crippen LogP contribution in [0, 0.1) is 11.3 Å². The smallest absolute Gasteiger partial charge is 0.336 e. The van der Waals surface area contributed by atoms with E-state index in [-0.39, 0.29) is 23.4 Å². The molecule has 1 aromatic carbocycles. The van der Waals surface area contributed by atoms with Gasteiger partial charge in [0.15, 0.2) is 11.1 Å². The van der Waals surface area contributed by atoms with Gasteiger partial charge in [0, 0.05) is 19.2 Å². The third kappa shape index (κ3) is 2.11. The zero-order valence-electron chi connectivity index (χ0n) is 16.1. The first-order chi connectivity index (χ1) is 13.8. The van der Waals surface area contributed by atoms with E-state index in [9.17, 15) is 24.3 Å². The number of carbonyl (C=O) groups is 4. The summed E-state index contributed by atoms with van der Waals surface area (Å²) in [5.41, 5.74) is -4.21. The molecule has 9 nitrogen and oxygen atoms in total. The fourth-order valence-electron chi connectivity index (χ4n) is 4.94. The summed E-state index contributed by atoms with van der Waals surface area (Å²) in [6.07, 6.45) is -1.45. The lowest BCUT2D eigenvalue weighted by Gasteiger charge is -2.48. The van der Waals surface area contributed by atoms with Crippen molar-refractivity contribution >= 4 is 29.3 Å². The largest absolute Gasteiger partial charge is 0.466 e. The van der Waals surface area contributed by atoms with Crippen molar-refractivity contribution in [3.63, 3.8) is 0 Å². The van der Waals surface area contributed by atoms with E-state index in [2.05, 4.69) is 5.32 Å². The molecule has 4 unspecified atom stereocenters. The number of nitrogens with one attached hydrogen (secondary N) is 1. The highest BCUT2D eigenvalue weighted by atomic mass is 16.5. The van der Waals surface area contributed by atoms with Gasteiger partial charge in [0.05, 0.1) is 18.4 Å².